The molecule has 0 saturated carbocycles. The summed E-state index contributed by atoms with van der Waals surface area (Å²) in [5.74, 6) is 1.17. The molecule has 0 fully saturated rings. The summed E-state index contributed by atoms with van der Waals surface area (Å²) in [4.78, 5) is 17.3. The van der Waals surface area contributed by atoms with Gasteiger partial charge in [0.1, 0.15) is 10.8 Å². The topological polar surface area (TPSA) is 72.7 Å². The highest BCUT2D eigenvalue weighted by Gasteiger charge is 2.14. The Morgan fingerprint density at radius 2 is 1.93 bits per heavy atom. The molecule has 2 aromatic heterocycles. The maximum absolute atomic E-state index is 12.6. The highest BCUT2D eigenvalue weighted by Crippen LogP contribution is 2.23. The summed E-state index contributed by atoms with van der Waals surface area (Å²) in [6.45, 7) is 6.22. The lowest BCUT2D eigenvalue weighted by Gasteiger charge is -2.07. The number of aromatic nitrogens is 4. The van der Waals surface area contributed by atoms with Crippen LogP contribution in [-0.2, 0) is 6.42 Å². The maximum Gasteiger partial charge on any atom is 0.257 e. The van der Waals surface area contributed by atoms with Crippen LogP contribution < -0.4 is 5.32 Å². The van der Waals surface area contributed by atoms with E-state index < -0.39 is 0 Å². The van der Waals surface area contributed by atoms with Crippen LogP contribution in [0.3, 0.4) is 0 Å². The van der Waals surface area contributed by atoms with Crippen LogP contribution in [0.5, 0.6) is 0 Å². The van der Waals surface area contributed by atoms with E-state index >= 15 is 0 Å². The predicted octanol–water partition coefficient (Wildman–Crippen LogP) is 4.64. The van der Waals surface area contributed by atoms with Gasteiger partial charge in [-0.15, -0.1) is 10.2 Å². The first-order chi connectivity index (χ1) is 13.5. The normalized spacial score (nSPS) is 11.3. The molecular formula is C21H21N5OS. The summed E-state index contributed by atoms with van der Waals surface area (Å²) in [6.07, 6.45) is 0.857. The minimum Gasteiger partial charge on any atom is -0.297 e. The molecule has 7 heteroatoms. The second kappa shape index (κ2) is 7.52. The Kier molecular flexibility index (Phi) is 4.92. The highest BCUT2D eigenvalue weighted by atomic mass is 32.1. The number of benzene rings is 2. The van der Waals surface area contributed by atoms with Crippen LogP contribution in [0.1, 0.15) is 35.0 Å². The first-order valence-electron chi connectivity index (χ1n) is 9.19. The molecule has 2 heterocycles. The van der Waals surface area contributed by atoms with Crippen molar-refractivity contribution in [3.05, 3.63) is 64.9 Å². The summed E-state index contributed by atoms with van der Waals surface area (Å²) in [5, 5.41) is 12.5. The largest absolute Gasteiger partial charge is 0.297 e. The average Bonchev–Trinajstić information content (AvgIpc) is 3.24. The zero-order chi connectivity index (χ0) is 19.7. The van der Waals surface area contributed by atoms with Crippen molar-refractivity contribution in [2.24, 2.45) is 5.92 Å². The van der Waals surface area contributed by atoms with E-state index in [-0.39, 0.29) is 5.91 Å². The molecule has 142 valence electrons. The third kappa shape index (κ3) is 3.66. The zero-order valence-corrected chi connectivity index (χ0v) is 16.8. The number of fused-ring (bicyclic) bond motifs is 1. The summed E-state index contributed by atoms with van der Waals surface area (Å²) < 4.78 is 2.08. The number of aryl methyl sites for hydroxylation is 1. The summed E-state index contributed by atoms with van der Waals surface area (Å²) in [6, 6.07) is 15.6. The van der Waals surface area contributed by atoms with Gasteiger partial charge in [-0.1, -0.05) is 43.4 Å². The van der Waals surface area contributed by atoms with Crippen molar-refractivity contribution < 1.29 is 4.79 Å². The van der Waals surface area contributed by atoms with Gasteiger partial charge >= 0.3 is 0 Å². The first-order valence-corrected chi connectivity index (χ1v) is 10.0. The molecule has 0 saturated heterocycles. The first kappa shape index (κ1) is 18.3. The fourth-order valence-corrected chi connectivity index (χ4v) is 4.10. The molecule has 0 aliphatic rings. The molecule has 4 rings (SSSR count). The number of nitrogens with one attached hydrogen (secondary N) is 1. The molecule has 1 N–H and O–H groups in total. The lowest BCUT2D eigenvalue weighted by molar-refractivity contribution is 0.102. The van der Waals surface area contributed by atoms with Crippen LogP contribution in [0.4, 0.5) is 5.13 Å². The average molecular weight is 392 g/mol. The molecule has 2 aromatic carbocycles. The van der Waals surface area contributed by atoms with Crippen molar-refractivity contribution in [1.29, 1.82) is 0 Å². The third-order valence-corrected chi connectivity index (χ3v) is 5.23. The standard InChI is InChI=1S/C21H21N5OS/c1-13(2)11-19-24-25-21(28-19)23-20(27)15-9-10-18-17(12-15)22-14(3)26(18)16-7-5-4-6-8-16/h4-10,12-13H,11H2,1-3H3,(H,23,25,27). The highest BCUT2D eigenvalue weighted by molar-refractivity contribution is 7.15. The van der Waals surface area contributed by atoms with Crippen LogP contribution in [0.25, 0.3) is 16.7 Å². The van der Waals surface area contributed by atoms with Crippen molar-refractivity contribution >= 4 is 33.4 Å². The number of carbonyl (C=O) groups excluding carboxylic acids is 1. The maximum atomic E-state index is 12.6. The van der Waals surface area contributed by atoms with E-state index in [0.717, 1.165) is 34.0 Å². The van der Waals surface area contributed by atoms with Gasteiger partial charge in [-0.25, -0.2) is 4.98 Å². The molecular weight excluding hydrogens is 370 g/mol. The van der Waals surface area contributed by atoms with Crippen molar-refractivity contribution in [2.45, 2.75) is 27.2 Å². The number of carbonyl (C=O) groups is 1. The molecule has 28 heavy (non-hydrogen) atoms. The zero-order valence-electron chi connectivity index (χ0n) is 16.0. The fraction of sp³-hybridized carbons (Fsp3) is 0.238. The van der Waals surface area contributed by atoms with Gasteiger partial charge < -0.3 is 0 Å². The van der Waals surface area contributed by atoms with Crippen molar-refractivity contribution in [2.75, 3.05) is 5.32 Å². The number of imidazole rings is 1. The quantitative estimate of drug-likeness (QED) is 0.538. The van der Waals surface area contributed by atoms with Crippen LogP contribution >= 0.6 is 11.3 Å². The lowest BCUT2D eigenvalue weighted by atomic mass is 10.1. The van der Waals surface area contributed by atoms with E-state index in [0.29, 0.717) is 16.6 Å². The molecule has 0 unspecified atom stereocenters. The molecule has 0 spiro atoms. The second-order valence-electron chi connectivity index (χ2n) is 7.09. The Labute approximate surface area is 167 Å². The number of nitrogens with zero attached hydrogens (tertiary/aromatic N) is 4. The number of amides is 1. The van der Waals surface area contributed by atoms with E-state index in [2.05, 4.69) is 38.9 Å². The SMILES string of the molecule is Cc1nc2cc(C(=O)Nc3nnc(CC(C)C)s3)ccc2n1-c1ccccc1. The summed E-state index contributed by atoms with van der Waals surface area (Å²) >= 11 is 1.42. The van der Waals surface area contributed by atoms with Gasteiger partial charge in [0.15, 0.2) is 0 Å². The number of para-hydroxylation sites is 1. The van der Waals surface area contributed by atoms with Crippen LogP contribution in [0.15, 0.2) is 48.5 Å². The van der Waals surface area contributed by atoms with E-state index in [1.165, 1.54) is 11.3 Å². The Bertz CT molecular complexity index is 1130. The molecule has 0 atom stereocenters. The van der Waals surface area contributed by atoms with Crippen LogP contribution in [-0.4, -0.2) is 25.7 Å². The van der Waals surface area contributed by atoms with Gasteiger partial charge in [-0.2, -0.15) is 0 Å². The summed E-state index contributed by atoms with van der Waals surface area (Å²) in [7, 11) is 0. The van der Waals surface area contributed by atoms with Gasteiger partial charge in [0.05, 0.1) is 11.0 Å². The number of rotatable bonds is 5. The van der Waals surface area contributed by atoms with Crippen LogP contribution in [0.2, 0.25) is 0 Å². The van der Waals surface area contributed by atoms with Crippen LogP contribution in [0, 0.1) is 12.8 Å². The molecule has 0 bridgehead atoms. The molecule has 6 nitrogen and oxygen atoms in total. The molecule has 4 aromatic rings. The molecule has 0 radical (unpaired) electrons. The Morgan fingerprint density at radius 3 is 2.68 bits per heavy atom. The molecule has 0 aliphatic heterocycles. The van der Waals surface area contributed by atoms with Gasteiger partial charge in [0.25, 0.3) is 5.91 Å². The van der Waals surface area contributed by atoms with Gasteiger partial charge in [0, 0.05) is 17.7 Å². The second-order valence-corrected chi connectivity index (χ2v) is 8.15. The van der Waals surface area contributed by atoms with Gasteiger partial charge in [-0.05, 0) is 43.2 Å². The number of anilines is 1. The minimum atomic E-state index is -0.207. The lowest BCUT2D eigenvalue weighted by Crippen LogP contribution is -2.11. The molecule has 0 aliphatic carbocycles. The minimum absolute atomic E-state index is 0.207. The Balaban J connectivity index is 1.60. The smallest absolute Gasteiger partial charge is 0.257 e. The Hall–Kier alpha value is -3.06. The summed E-state index contributed by atoms with van der Waals surface area (Å²) in [5.41, 5.74) is 3.35. The van der Waals surface area contributed by atoms with Gasteiger partial charge in [0.2, 0.25) is 5.13 Å². The third-order valence-electron chi connectivity index (χ3n) is 4.37. The predicted molar refractivity (Wildman–Crippen MR) is 112 cm³/mol. The van der Waals surface area contributed by atoms with Gasteiger partial charge in [-0.3, -0.25) is 14.7 Å². The van der Waals surface area contributed by atoms with Crippen molar-refractivity contribution in [3.8, 4) is 5.69 Å². The Morgan fingerprint density at radius 1 is 1.14 bits per heavy atom. The van der Waals surface area contributed by atoms with E-state index in [4.69, 9.17) is 0 Å². The van der Waals surface area contributed by atoms with Crippen molar-refractivity contribution in [3.63, 3.8) is 0 Å². The number of hydrogen-bond acceptors (Lipinski definition) is 5. The monoisotopic (exact) mass is 391 g/mol. The van der Waals surface area contributed by atoms with E-state index in [9.17, 15) is 4.79 Å². The molecule has 1 amide bonds. The fourth-order valence-electron chi connectivity index (χ4n) is 3.15. The number of hydrogen-bond donors (Lipinski definition) is 1. The van der Waals surface area contributed by atoms with Crippen molar-refractivity contribution in [1.82, 2.24) is 19.7 Å². The van der Waals surface area contributed by atoms with E-state index in [1.54, 1.807) is 0 Å². The van der Waals surface area contributed by atoms with E-state index in [1.807, 2.05) is 55.5 Å².